The van der Waals surface area contributed by atoms with Gasteiger partial charge in [0.2, 0.25) is 17.7 Å². The zero-order chi connectivity index (χ0) is 25.1. The van der Waals surface area contributed by atoms with Gasteiger partial charge in [-0.2, -0.15) is 11.8 Å². The van der Waals surface area contributed by atoms with E-state index in [1.807, 2.05) is 13.2 Å². The van der Waals surface area contributed by atoms with Gasteiger partial charge in [0.25, 0.3) is 0 Å². The summed E-state index contributed by atoms with van der Waals surface area (Å²) in [7, 11) is 0. The molecule has 1 fully saturated rings. The average molecular weight is 489 g/mol. The van der Waals surface area contributed by atoms with Gasteiger partial charge in [-0.15, -0.1) is 0 Å². The molecule has 0 bridgehead atoms. The van der Waals surface area contributed by atoms with E-state index in [1.54, 1.807) is 6.92 Å². The van der Waals surface area contributed by atoms with Gasteiger partial charge in [-0.25, -0.2) is 4.79 Å². The maximum Gasteiger partial charge on any atom is 0.326 e. The van der Waals surface area contributed by atoms with Crippen LogP contribution in [0.4, 0.5) is 0 Å². The molecule has 0 radical (unpaired) electrons. The van der Waals surface area contributed by atoms with Gasteiger partial charge in [0.15, 0.2) is 0 Å². The van der Waals surface area contributed by atoms with Gasteiger partial charge in [0.05, 0.1) is 6.04 Å². The fourth-order valence-electron chi connectivity index (χ4n) is 3.63. The van der Waals surface area contributed by atoms with E-state index < -0.39 is 53.8 Å². The van der Waals surface area contributed by atoms with E-state index in [0.717, 1.165) is 0 Å². The molecule has 0 aromatic carbocycles. The molecular formula is C21H36N4O7S. The fourth-order valence-corrected chi connectivity index (χ4v) is 4.10. The molecule has 1 aliphatic rings. The van der Waals surface area contributed by atoms with Crippen LogP contribution in [0.2, 0.25) is 0 Å². The van der Waals surface area contributed by atoms with E-state index in [9.17, 15) is 29.1 Å². The third-order valence-electron chi connectivity index (χ3n) is 5.85. The fraction of sp³-hybridized carbons (Fsp3) is 0.762. The molecule has 11 nitrogen and oxygen atoms in total. The summed E-state index contributed by atoms with van der Waals surface area (Å²) in [6.45, 7) is 3.87. The van der Waals surface area contributed by atoms with Crippen LogP contribution in [0, 0.1) is 5.92 Å². The molecule has 33 heavy (non-hydrogen) atoms. The number of nitrogens with one attached hydrogen (secondary N) is 2. The predicted molar refractivity (Wildman–Crippen MR) is 124 cm³/mol. The number of carboxylic acids is 2. The number of hydrogen-bond acceptors (Lipinski definition) is 7. The molecule has 1 rings (SSSR count). The minimum atomic E-state index is -1.14. The first-order chi connectivity index (χ1) is 15.5. The summed E-state index contributed by atoms with van der Waals surface area (Å²) in [5.74, 6) is -3.53. The number of carboxylic acid groups (broad SMARTS) is 2. The molecular weight excluding hydrogens is 452 g/mol. The molecule has 0 aromatic rings. The van der Waals surface area contributed by atoms with Crippen molar-refractivity contribution in [2.75, 3.05) is 18.6 Å². The maximum absolute atomic E-state index is 13.0. The lowest BCUT2D eigenvalue weighted by Gasteiger charge is -2.29. The number of amides is 3. The number of aliphatic carboxylic acids is 2. The lowest BCUT2D eigenvalue weighted by atomic mass is 9.98. The summed E-state index contributed by atoms with van der Waals surface area (Å²) in [6, 6.07) is -3.87. The van der Waals surface area contributed by atoms with Crippen LogP contribution >= 0.6 is 11.8 Å². The van der Waals surface area contributed by atoms with Gasteiger partial charge in [-0.1, -0.05) is 20.3 Å². The predicted octanol–water partition coefficient (Wildman–Crippen LogP) is 0.0229. The first-order valence-electron chi connectivity index (χ1n) is 11.1. The second kappa shape index (κ2) is 14.0. The number of likely N-dealkylation sites (tertiary alicyclic amines) is 1. The monoisotopic (exact) mass is 488 g/mol. The van der Waals surface area contributed by atoms with Crippen molar-refractivity contribution in [2.45, 2.75) is 76.5 Å². The Bertz CT molecular complexity index is 721. The Labute approximate surface area is 198 Å². The zero-order valence-electron chi connectivity index (χ0n) is 19.4. The molecule has 188 valence electrons. The van der Waals surface area contributed by atoms with E-state index in [0.29, 0.717) is 38.0 Å². The molecule has 1 aliphatic heterocycles. The zero-order valence-corrected chi connectivity index (χ0v) is 20.2. The molecule has 12 heteroatoms. The van der Waals surface area contributed by atoms with Crippen LogP contribution < -0.4 is 16.4 Å². The number of nitrogens with zero attached hydrogens (tertiary/aromatic N) is 1. The van der Waals surface area contributed by atoms with Gasteiger partial charge >= 0.3 is 11.9 Å². The average Bonchev–Trinajstić information content (AvgIpc) is 3.26. The van der Waals surface area contributed by atoms with E-state index in [1.165, 1.54) is 16.7 Å². The highest BCUT2D eigenvalue weighted by molar-refractivity contribution is 7.98. The Kier molecular flexibility index (Phi) is 12.2. The van der Waals surface area contributed by atoms with Crippen molar-refractivity contribution in [1.82, 2.24) is 15.5 Å². The van der Waals surface area contributed by atoms with E-state index in [4.69, 9.17) is 10.8 Å². The third kappa shape index (κ3) is 8.84. The summed E-state index contributed by atoms with van der Waals surface area (Å²) in [4.78, 5) is 62.2. The van der Waals surface area contributed by atoms with Crippen LogP contribution in [0.3, 0.4) is 0 Å². The molecule has 0 aromatic heterocycles. The smallest absolute Gasteiger partial charge is 0.326 e. The standard InChI is InChI=1S/C21H36N4O7S/c1-4-12(2)17(21(31)32)24-18(28)14(9-11-33-3)23-19(29)15-6-5-10-25(15)20(30)13(22)7-8-16(26)27/h12-15,17H,4-11,22H2,1-3H3,(H,23,29)(H,24,28)(H,26,27)(H,31,32). The highest BCUT2D eigenvalue weighted by Crippen LogP contribution is 2.20. The quantitative estimate of drug-likeness (QED) is 0.225. The first-order valence-corrected chi connectivity index (χ1v) is 12.5. The van der Waals surface area contributed by atoms with Crippen LogP contribution in [0.1, 0.15) is 52.4 Å². The SMILES string of the molecule is CCC(C)C(NC(=O)C(CCSC)NC(=O)C1CCCN1C(=O)C(N)CCC(=O)O)C(=O)O. The molecule has 0 saturated carbocycles. The third-order valence-corrected chi connectivity index (χ3v) is 6.49. The Balaban J connectivity index is 2.89. The topological polar surface area (TPSA) is 179 Å². The highest BCUT2D eigenvalue weighted by atomic mass is 32.2. The molecule has 0 aliphatic carbocycles. The molecule has 3 amide bonds. The van der Waals surface area contributed by atoms with Gasteiger partial charge in [-0.05, 0) is 43.6 Å². The Morgan fingerprint density at radius 3 is 2.36 bits per heavy atom. The largest absolute Gasteiger partial charge is 0.481 e. The van der Waals surface area contributed by atoms with Crippen molar-refractivity contribution in [2.24, 2.45) is 11.7 Å². The Hall–Kier alpha value is -2.34. The number of rotatable bonds is 14. The van der Waals surface area contributed by atoms with Crippen molar-refractivity contribution >= 4 is 41.4 Å². The summed E-state index contributed by atoms with van der Waals surface area (Å²) < 4.78 is 0. The van der Waals surface area contributed by atoms with Gasteiger partial charge in [-0.3, -0.25) is 19.2 Å². The van der Waals surface area contributed by atoms with Crippen LogP contribution in [0.5, 0.6) is 0 Å². The van der Waals surface area contributed by atoms with Crippen LogP contribution in [0.15, 0.2) is 0 Å². The number of carbonyl (C=O) groups is 5. The van der Waals surface area contributed by atoms with Crippen LogP contribution in [-0.4, -0.2) is 87.5 Å². The Morgan fingerprint density at radius 1 is 1.15 bits per heavy atom. The van der Waals surface area contributed by atoms with Crippen molar-refractivity contribution in [1.29, 1.82) is 0 Å². The lowest BCUT2D eigenvalue weighted by Crippen LogP contribution is -2.57. The lowest BCUT2D eigenvalue weighted by molar-refractivity contribution is -0.144. The Morgan fingerprint density at radius 2 is 1.82 bits per heavy atom. The normalized spacial score (nSPS) is 19.3. The number of thioether (sulfide) groups is 1. The molecule has 0 spiro atoms. The van der Waals surface area contributed by atoms with Crippen LogP contribution in [-0.2, 0) is 24.0 Å². The minimum Gasteiger partial charge on any atom is -0.481 e. The summed E-state index contributed by atoms with van der Waals surface area (Å²) in [5.41, 5.74) is 5.84. The van der Waals surface area contributed by atoms with Crippen molar-refractivity contribution < 1.29 is 34.2 Å². The molecule has 1 saturated heterocycles. The second-order valence-electron chi connectivity index (χ2n) is 8.28. The van der Waals surface area contributed by atoms with Gasteiger partial charge in [0.1, 0.15) is 18.1 Å². The van der Waals surface area contributed by atoms with E-state index >= 15 is 0 Å². The summed E-state index contributed by atoms with van der Waals surface area (Å²) in [5, 5.41) is 23.5. The number of nitrogens with two attached hydrogens (primary N) is 1. The van der Waals surface area contributed by atoms with Gasteiger partial charge in [0, 0.05) is 13.0 Å². The molecule has 1 heterocycles. The minimum absolute atomic E-state index is 0.0377. The maximum atomic E-state index is 13.0. The summed E-state index contributed by atoms with van der Waals surface area (Å²) >= 11 is 1.48. The van der Waals surface area contributed by atoms with Crippen molar-refractivity contribution in [3.63, 3.8) is 0 Å². The van der Waals surface area contributed by atoms with E-state index in [2.05, 4.69) is 10.6 Å². The van der Waals surface area contributed by atoms with Crippen LogP contribution in [0.25, 0.3) is 0 Å². The van der Waals surface area contributed by atoms with E-state index in [-0.39, 0.29) is 18.8 Å². The number of carbonyl (C=O) groups excluding carboxylic acids is 3. The highest BCUT2D eigenvalue weighted by Gasteiger charge is 2.38. The second-order valence-corrected chi connectivity index (χ2v) is 9.27. The molecule has 6 N–H and O–H groups in total. The molecule has 5 unspecified atom stereocenters. The first kappa shape index (κ1) is 28.7. The van der Waals surface area contributed by atoms with Crippen molar-refractivity contribution in [3.05, 3.63) is 0 Å². The van der Waals surface area contributed by atoms with Crippen molar-refractivity contribution in [3.8, 4) is 0 Å². The number of hydrogen-bond donors (Lipinski definition) is 5. The summed E-state index contributed by atoms with van der Waals surface area (Å²) in [6.07, 6.45) is 3.38. The molecule has 5 atom stereocenters. The van der Waals surface area contributed by atoms with Gasteiger partial charge < -0.3 is 31.5 Å².